The van der Waals surface area contributed by atoms with Crippen LogP contribution in [-0.2, 0) is 0 Å². The highest BCUT2D eigenvalue weighted by Gasteiger charge is 2.29. The number of carbonyl (C=O) groups is 3. The van der Waals surface area contributed by atoms with Gasteiger partial charge in [-0.2, -0.15) is 0 Å². The molecule has 0 aromatic heterocycles. The lowest BCUT2D eigenvalue weighted by molar-refractivity contribution is 0.0979. The minimum atomic E-state index is -0.256. The maximum Gasteiger partial charge on any atom is 0.255 e. The van der Waals surface area contributed by atoms with E-state index in [1.54, 1.807) is 48.5 Å². The number of hydrogen-bond donors (Lipinski definition) is 1. The minimum Gasteiger partial charge on any atom is -0.322 e. The number of nitrogens with one attached hydrogen (secondary N) is 1. The zero-order valence-electron chi connectivity index (χ0n) is 15.0. The molecule has 4 nitrogen and oxygen atoms in total. The molecular weight excluding hydrogens is 338 g/mol. The molecule has 0 unspecified atom stereocenters. The maximum atomic E-state index is 12.8. The van der Waals surface area contributed by atoms with Gasteiger partial charge in [0, 0.05) is 33.5 Å². The molecule has 0 aliphatic heterocycles. The number of amides is 1. The third-order valence-corrected chi connectivity index (χ3v) is 4.95. The molecule has 0 radical (unpaired) electrons. The summed E-state index contributed by atoms with van der Waals surface area (Å²) in [6.07, 6.45) is 0. The molecular formula is C23H17NO3. The molecule has 27 heavy (non-hydrogen) atoms. The Kier molecular flexibility index (Phi) is 3.96. The number of anilines is 1. The van der Waals surface area contributed by atoms with Gasteiger partial charge in [-0.3, -0.25) is 14.4 Å². The summed E-state index contributed by atoms with van der Waals surface area (Å²) in [5, 5.41) is 2.81. The molecule has 1 N–H and O–H groups in total. The average molecular weight is 355 g/mol. The zero-order chi connectivity index (χ0) is 19.1. The van der Waals surface area contributed by atoms with Crippen LogP contribution in [-0.4, -0.2) is 17.5 Å². The standard InChI is InChI=1S/C23H17NO3/c1-13-7-8-15(11-14(13)2)23(27)24-16-9-10-19-20(12-16)22(26)18-6-4-3-5-17(18)21(19)25/h3-12H,1-2H3,(H,24,27). The molecule has 0 fully saturated rings. The Morgan fingerprint density at radius 2 is 1.33 bits per heavy atom. The first kappa shape index (κ1) is 16.9. The first-order valence-electron chi connectivity index (χ1n) is 8.67. The second-order valence-corrected chi connectivity index (χ2v) is 6.72. The number of rotatable bonds is 2. The summed E-state index contributed by atoms with van der Waals surface area (Å²) in [6, 6.07) is 17.1. The summed E-state index contributed by atoms with van der Waals surface area (Å²) >= 11 is 0. The fraction of sp³-hybridized carbons (Fsp3) is 0.0870. The predicted molar refractivity (Wildman–Crippen MR) is 104 cm³/mol. The lowest BCUT2D eigenvalue weighted by Gasteiger charge is -2.18. The summed E-state index contributed by atoms with van der Waals surface area (Å²) in [7, 11) is 0. The average Bonchev–Trinajstić information content (AvgIpc) is 2.68. The van der Waals surface area contributed by atoms with Crippen molar-refractivity contribution in [2.75, 3.05) is 5.32 Å². The molecule has 1 amide bonds. The fourth-order valence-electron chi connectivity index (χ4n) is 3.26. The van der Waals surface area contributed by atoms with Gasteiger partial charge < -0.3 is 5.32 Å². The largest absolute Gasteiger partial charge is 0.322 e. The summed E-state index contributed by atoms with van der Waals surface area (Å²) in [5.74, 6) is -0.636. The molecule has 4 heteroatoms. The van der Waals surface area contributed by atoms with E-state index in [1.807, 2.05) is 26.0 Å². The zero-order valence-corrected chi connectivity index (χ0v) is 15.0. The third-order valence-electron chi connectivity index (χ3n) is 4.95. The van der Waals surface area contributed by atoms with E-state index in [4.69, 9.17) is 0 Å². The molecule has 3 aromatic rings. The molecule has 0 bridgehead atoms. The molecule has 0 saturated heterocycles. The smallest absolute Gasteiger partial charge is 0.255 e. The van der Waals surface area contributed by atoms with E-state index < -0.39 is 0 Å². The van der Waals surface area contributed by atoms with Gasteiger partial charge in [-0.15, -0.1) is 0 Å². The van der Waals surface area contributed by atoms with Crippen LogP contribution in [0.1, 0.15) is 53.3 Å². The van der Waals surface area contributed by atoms with E-state index in [1.165, 1.54) is 0 Å². The predicted octanol–water partition coefficient (Wildman–Crippen LogP) is 4.33. The summed E-state index contributed by atoms with van der Waals surface area (Å²) in [6.45, 7) is 3.94. The monoisotopic (exact) mass is 355 g/mol. The van der Waals surface area contributed by atoms with E-state index in [2.05, 4.69) is 5.32 Å². The van der Waals surface area contributed by atoms with Gasteiger partial charge in [0.05, 0.1) is 0 Å². The number of hydrogen-bond acceptors (Lipinski definition) is 3. The lowest BCUT2D eigenvalue weighted by atomic mass is 9.84. The van der Waals surface area contributed by atoms with Crippen LogP contribution in [0.15, 0.2) is 60.7 Å². The van der Waals surface area contributed by atoms with Gasteiger partial charge in [-0.05, 0) is 55.3 Å². The van der Waals surface area contributed by atoms with Crippen molar-refractivity contribution in [3.8, 4) is 0 Å². The first-order chi connectivity index (χ1) is 13.0. The van der Waals surface area contributed by atoms with Crippen LogP contribution in [0.5, 0.6) is 0 Å². The number of ketones is 2. The first-order valence-corrected chi connectivity index (χ1v) is 8.67. The van der Waals surface area contributed by atoms with Gasteiger partial charge in [0.2, 0.25) is 0 Å². The molecule has 0 saturated carbocycles. The van der Waals surface area contributed by atoms with E-state index >= 15 is 0 Å². The number of carbonyl (C=O) groups excluding carboxylic acids is 3. The fourth-order valence-corrected chi connectivity index (χ4v) is 3.26. The highest BCUT2D eigenvalue weighted by atomic mass is 16.2. The molecule has 1 aliphatic rings. The van der Waals surface area contributed by atoms with Crippen LogP contribution in [0.25, 0.3) is 0 Å². The Morgan fingerprint density at radius 1 is 0.704 bits per heavy atom. The second-order valence-electron chi connectivity index (χ2n) is 6.72. The maximum absolute atomic E-state index is 12.8. The van der Waals surface area contributed by atoms with Gasteiger partial charge in [0.1, 0.15) is 0 Å². The Labute approximate surface area is 156 Å². The highest BCUT2D eigenvalue weighted by Crippen LogP contribution is 2.29. The van der Waals surface area contributed by atoms with E-state index in [0.29, 0.717) is 33.5 Å². The summed E-state index contributed by atoms with van der Waals surface area (Å²) in [4.78, 5) is 37.9. The quantitative estimate of drug-likeness (QED) is 0.582. The van der Waals surface area contributed by atoms with Crippen molar-refractivity contribution >= 4 is 23.2 Å². The Morgan fingerprint density at radius 3 is 2.00 bits per heavy atom. The summed E-state index contributed by atoms with van der Waals surface area (Å²) in [5.41, 5.74) is 4.67. The molecule has 0 spiro atoms. The van der Waals surface area contributed by atoms with Gasteiger partial charge in [-0.1, -0.05) is 30.3 Å². The lowest BCUT2D eigenvalue weighted by Crippen LogP contribution is -2.21. The second kappa shape index (κ2) is 6.32. The highest BCUT2D eigenvalue weighted by molar-refractivity contribution is 6.28. The Hall–Kier alpha value is -3.53. The topological polar surface area (TPSA) is 63.2 Å². The van der Waals surface area contributed by atoms with Crippen LogP contribution >= 0.6 is 0 Å². The number of fused-ring (bicyclic) bond motifs is 2. The van der Waals surface area contributed by atoms with Crippen LogP contribution in [0.4, 0.5) is 5.69 Å². The molecule has 132 valence electrons. The Balaban J connectivity index is 1.67. The van der Waals surface area contributed by atoms with Crippen molar-refractivity contribution in [2.24, 2.45) is 0 Å². The van der Waals surface area contributed by atoms with Crippen molar-refractivity contribution in [3.05, 3.63) is 99.6 Å². The SMILES string of the molecule is Cc1ccc(C(=O)Nc2ccc3c(c2)C(=O)c2ccccc2C3=O)cc1C. The van der Waals surface area contributed by atoms with Crippen molar-refractivity contribution in [3.63, 3.8) is 0 Å². The van der Waals surface area contributed by atoms with Crippen LogP contribution < -0.4 is 5.32 Å². The minimum absolute atomic E-state index is 0.174. The van der Waals surface area contributed by atoms with Crippen LogP contribution in [0, 0.1) is 13.8 Å². The van der Waals surface area contributed by atoms with Crippen LogP contribution in [0.2, 0.25) is 0 Å². The molecule has 0 heterocycles. The van der Waals surface area contributed by atoms with Gasteiger partial charge in [0.15, 0.2) is 11.6 Å². The van der Waals surface area contributed by atoms with E-state index in [-0.39, 0.29) is 17.5 Å². The molecule has 0 atom stereocenters. The Bertz CT molecular complexity index is 1130. The normalized spacial score (nSPS) is 12.4. The number of benzene rings is 3. The molecule has 4 rings (SSSR count). The molecule has 1 aliphatic carbocycles. The third kappa shape index (κ3) is 2.85. The van der Waals surface area contributed by atoms with Crippen molar-refractivity contribution in [2.45, 2.75) is 13.8 Å². The van der Waals surface area contributed by atoms with Crippen molar-refractivity contribution in [1.29, 1.82) is 0 Å². The summed E-state index contributed by atoms with van der Waals surface area (Å²) < 4.78 is 0. The van der Waals surface area contributed by atoms with Gasteiger partial charge in [-0.25, -0.2) is 0 Å². The number of aryl methyl sites for hydroxylation is 2. The van der Waals surface area contributed by atoms with Gasteiger partial charge >= 0.3 is 0 Å². The molecule has 3 aromatic carbocycles. The van der Waals surface area contributed by atoms with Crippen LogP contribution in [0.3, 0.4) is 0 Å². The van der Waals surface area contributed by atoms with Crippen molar-refractivity contribution < 1.29 is 14.4 Å². The van der Waals surface area contributed by atoms with E-state index in [0.717, 1.165) is 11.1 Å². The van der Waals surface area contributed by atoms with Crippen molar-refractivity contribution in [1.82, 2.24) is 0 Å². The van der Waals surface area contributed by atoms with Gasteiger partial charge in [0.25, 0.3) is 5.91 Å². The van der Waals surface area contributed by atoms with E-state index in [9.17, 15) is 14.4 Å².